The first-order valence-electron chi connectivity index (χ1n) is 14.1. The lowest BCUT2D eigenvalue weighted by Gasteiger charge is -2.23. The normalized spacial score (nSPS) is 11.9. The summed E-state index contributed by atoms with van der Waals surface area (Å²) in [7, 11) is 4.03. The first kappa shape index (κ1) is 34.8. The van der Waals surface area contributed by atoms with Gasteiger partial charge in [-0.2, -0.15) is 0 Å². The Balaban J connectivity index is 0. The van der Waals surface area contributed by atoms with Crippen molar-refractivity contribution >= 4 is 11.9 Å². The van der Waals surface area contributed by atoms with Gasteiger partial charge in [0, 0.05) is 13.3 Å². The third kappa shape index (κ3) is 30.6. The number of amides is 1. The minimum atomic E-state index is -0.833. The van der Waals surface area contributed by atoms with Gasteiger partial charge < -0.3 is 10.4 Å². The van der Waals surface area contributed by atoms with Crippen LogP contribution in [0.5, 0.6) is 0 Å². The zero-order chi connectivity index (χ0) is 25.9. The van der Waals surface area contributed by atoms with Crippen molar-refractivity contribution < 1.29 is 14.7 Å². The summed E-state index contributed by atoms with van der Waals surface area (Å²) in [5.41, 5.74) is 0. The van der Waals surface area contributed by atoms with E-state index in [-0.39, 0.29) is 12.1 Å². The molecule has 0 fully saturated rings. The van der Waals surface area contributed by atoms with Gasteiger partial charge in [0.05, 0.1) is 6.17 Å². The maximum absolute atomic E-state index is 12.0. The first-order valence-corrected chi connectivity index (χ1v) is 14.1. The van der Waals surface area contributed by atoms with Crippen molar-refractivity contribution in [2.45, 2.75) is 149 Å². The van der Waals surface area contributed by atoms with E-state index in [9.17, 15) is 4.79 Å². The lowest BCUT2D eigenvalue weighted by Crippen LogP contribution is -2.44. The molecule has 0 rings (SSSR count). The highest BCUT2D eigenvalue weighted by Gasteiger charge is 2.11. The Bertz CT molecular complexity index is 474. The van der Waals surface area contributed by atoms with Gasteiger partial charge in [-0.1, -0.05) is 103 Å². The number of hydrogen-bond acceptors (Lipinski definition) is 3. The van der Waals surface area contributed by atoms with E-state index in [2.05, 4.69) is 36.2 Å². The number of carboxylic acid groups (broad SMARTS) is 1. The Morgan fingerprint density at radius 2 is 1.12 bits per heavy atom. The van der Waals surface area contributed by atoms with E-state index >= 15 is 0 Å². The highest BCUT2D eigenvalue weighted by molar-refractivity contribution is 5.76. The Morgan fingerprint density at radius 1 is 0.735 bits per heavy atom. The number of aliphatic carboxylic acids is 1. The zero-order valence-corrected chi connectivity index (χ0v) is 23.4. The van der Waals surface area contributed by atoms with Crippen molar-refractivity contribution in [1.82, 2.24) is 10.2 Å². The van der Waals surface area contributed by atoms with Crippen molar-refractivity contribution in [2.24, 2.45) is 0 Å². The molecule has 5 nitrogen and oxygen atoms in total. The SMILES string of the molecule is CC(=O)O.CCCCCCCCC=CCCCCCCCCCCCC(=O)NC(CC)N(C)C. The van der Waals surface area contributed by atoms with Crippen molar-refractivity contribution in [3.05, 3.63) is 12.2 Å². The molecule has 0 aliphatic carbocycles. The molecular formula is C29H58N2O3. The molecular weight excluding hydrogens is 424 g/mol. The van der Waals surface area contributed by atoms with Gasteiger partial charge in [-0.05, 0) is 52.6 Å². The summed E-state index contributed by atoms with van der Waals surface area (Å²) in [5.74, 6) is -0.628. The number of nitrogens with one attached hydrogen (secondary N) is 1. The summed E-state index contributed by atoms with van der Waals surface area (Å²) in [6.07, 6.45) is 29.2. The molecule has 2 N–H and O–H groups in total. The Morgan fingerprint density at radius 3 is 1.50 bits per heavy atom. The summed E-state index contributed by atoms with van der Waals surface area (Å²) in [6.45, 7) is 5.47. The second kappa shape index (κ2) is 27.9. The fourth-order valence-electron chi connectivity index (χ4n) is 3.92. The van der Waals surface area contributed by atoms with E-state index in [1.807, 2.05) is 14.1 Å². The third-order valence-corrected chi connectivity index (χ3v) is 6.00. The van der Waals surface area contributed by atoms with Crippen molar-refractivity contribution in [3.63, 3.8) is 0 Å². The fraction of sp³-hybridized carbons (Fsp3) is 0.862. The number of carbonyl (C=O) groups is 2. The van der Waals surface area contributed by atoms with Crippen LogP contribution in [0.3, 0.4) is 0 Å². The molecule has 0 saturated heterocycles. The Hall–Kier alpha value is -1.36. The molecule has 202 valence electrons. The van der Waals surface area contributed by atoms with Gasteiger partial charge in [0.1, 0.15) is 0 Å². The van der Waals surface area contributed by atoms with Crippen molar-refractivity contribution in [3.8, 4) is 0 Å². The lowest BCUT2D eigenvalue weighted by molar-refractivity contribution is -0.134. The number of hydrogen-bond donors (Lipinski definition) is 2. The van der Waals surface area contributed by atoms with Gasteiger partial charge >= 0.3 is 0 Å². The van der Waals surface area contributed by atoms with Gasteiger partial charge in [-0.3, -0.25) is 14.5 Å². The maximum atomic E-state index is 12.0. The molecule has 5 heteroatoms. The number of rotatable bonds is 22. The third-order valence-electron chi connectivity index (χ3n) is 6.00. The molecule has 34 heavy (non-hydrogen) atoms. The summed E-state index contributed by atoms with van der Waals surface area (Å²) in [6, 6.07) is 0. The van der Waals surface area contributed by atoms with E-state index in [0.29, 0.717) is 6.42 Å². The van der Waals surface area contributed by atoms with Crippen LogP contribution < -0.4 is 5.32 Å². The summed E-state index contributed by atoms with van der Waals surface area (Å²) >= 11 is 0. The molecule has 0 spiro atoms. The number of carbonyl (C=O) groups excluding carboxylic acids is 1. The van der Waals surface area contributed by atoms with E-state index in [0.717, 1.165) is 19.8 Å². The number of allylic oxidation sites excluding steroid dienone is 2. The van der Waals surface area contributed by atoms with Crippen LogP contribution in [0.25, 0.3) is 0 Å². The maximum Gasteiger partial charge on any atom is 0.300 e. The summed E-state index contributed by atoms with van der Waals surface area (Å²) in [5, 5.41) is 10.5. The molecule has 0 aromatic heterocycles. The van der Waals surface area contributed by atoms with Gasteiger partial charge in [-0.15, -0.1) is 0 Å². The van der Waals surface area contributed by atoms with Crippen LogP contribution in [0, 0.1) is 0 Å². The molecule has 0 aromatic rings. The largest absolute Gasteiger partial charge is 0.481 e. The average molecular weight is 483 g/mol. The number of nitrogens with zero attached hydrogens (tertiary/aromatic N) is 1. The van der Waals surface area contributed by atoms with Crippen molar-refractivity contribution in [1.29, 1.82) is 0 Å². The second-order valence-corrected chi connectivity index (χ2v) is 9.72. The first-order chi connectivity index (χ1) is 16.3. The Kier molecular flexibility index (Phi) is 28.5. The van der Waals surface area contributed by atoms with E-state index < -0.39 is 5.97 Å². The number of unbranched alkanes of at least 4 members (excludes halogenated alkanes) is 15. The van der Waals surface area contributed by atoms with Crippen LogP contribution in [0.2, 0.25) is 0 Å². The molecule has 1 unspecified atom stereocenters. The smallest absolute Gasteiger partial charge is 0.300 e. The van der Waals surface area contributed by atoms with E-state index in [1.165, 1.54) is 103 Å². The average Bonchev–Trinajstić information content (AvgIpc) is 2.78. The molecule has 0 aliphatic rings. The second-order valence-electron chi connectivity index (χ2n) is 9.72. The molecule has 0 heterocycles. The summed E-state index contributed by atoms with van der Waals surface area (Å²) in [4.78, 5) is 23.0. The van der Waals surface area contributed by atoms with Crippen molar-refractivity contribution in [2.75, 3.05) is 14.1 Å². The van der Waals surface area contributed by atoms with Gasteiger partial charge in [0.15, 0.2) is 0 Å². The van der Waals surface area contributed by atoms with Crippen LogP contribution >= 0.6 is 0 Å². The van der Waals surface area contributed by atoms with Crippen LogP contribution in [-0.2, 0) is 9.59 Å². The van der Waals surface area contributed by atoms with E-state index in [4.69, 9.17) is 9.90 Å². The highest BCUT2D eigenvalue weighted by Crippen LogP contribution is 2.12. The molecule has 0 aromatic carbocycles. The quantitative estimate of drug-likeness (QED) is 0.0929. The standard InChI is InChI=1S/C27H54N2O.C2H4O2/c1-5-7-8-9-10-11-12-13-14-15-16-17-18-19-20-21-22-23-24-25-27(30)28-26(6-2)29(3)4;1-2(3)4/h13-14,26H,5-12,15-25H2,1-4H3,(H,28,30);1H3,(H,3,4). The van der Waals surface area contributed by atoms with Gasteiger partial charge in [0.25, 0.3) is 5.97 Å². The van der Waals surface area contributed by atoms with Crippen LogP contribution in [0.1, 0.15) is 143 Å². The minimum Gasteiger partial charge on any atom is -0.481 e. The molecule has 1 amide bonds. The Labute approximate surface area is 212 Å². The molecule has 0 radical (unpaired) electrons. The monoisotopic (exact) mass is 482 g/mol. The number of carboxylic acids is 1. The molecule has 0 aliphatic heterocycles. The predicted octanol–water partition coefficient (Wildman–Crippen LogP) is 8.09. The van der Waals surface area contributed by atoms with E-state index in [1.54, 1.807) is 0 Å². The molecule has 0 saturated carbocycles. The van der Waals surface area contributed by atoms with Gasteiger partial charge in [0.2, 0.25) is 5.91 Å². The summed E-state index contributed by atoms with van der Waals surface area (Å²) < 4.78 is 0. The van der Waals surface area contributed by atoms with Crippen LogP contribution in [-0.4, -0.2) is 42.1 Å². The predicted molar refractivity (Wildman–Crippen MR) is 147 cm³/mol. The van der Waals surface area contributed by atoms with Crippen LogP contribution in [0.4, 0.5) is 0 Å². The fourth-order valence-corrected chi connectivity index (χ4v) is 3.92. The topological polar surface area (TPSA) is 69.6 Å². The lowest BCUT2D eigenvalue weighted by atomic mass is 10.1. The minimum absolute atomic E-state index is 0.174. The molecule has 0 bridgehead atoms. The zero-order valence-electron chi connectivity index (χ0n) is 23.4. The van der Waals surface area contributed by atoms with Gasteiger partial charge in [-0.25, -0.2) is 0 Å². The highest BCUT2D eigenvalue weighted by atomic mass is 16.4. The molecule has 1 atom stereocenters. The van der Waals surface area contributed by atoms with Crippen LogP contribution in [0.15, 0.2) is 12.2 Å².